The van der Waals surface area contributed by atoms with E-state index >= 15 is 0 Å². The van der Waals surface area contributed by atoms with Crippen LogP contribution in [0, 0.1) is 0 Å². The minimum atomic E-state index is -4.33. The lowest BCUT2D eigenvalue weighted by Gasteiger charge is -2.25. The molecule has 0 bridgehead atoms. The van der Waals surface area contributed by atoms with E-state index in [1.54, 1.807) is 42.3 Å². The van der Waals surface area contributed by atoms with Gasteiger partial charge in [-0.15, -0.1) is 0 Å². The van der Waals surface area contributed by atoms with Crippen LogP contribution in [0.2, 0.25) is 0 Å². The molecule has 2 atom stereocenters. The lowest BCUT2D eigenvalue weighted by atomic mass is 10.1. The first-order chi connectivity index (χ1) is 12.2. The predicted molar refractivity (Wildman–Crippen MR) is 100 cm³/mol. The van der Waals surface area contributed by atoms with Crippen molar-refractivity contribution in [2.45, 2.75) is 30.4 Å². The van der Waals surface area contributed by atoms with Gasteiger partial charge in [0, 0.05) is 30.1 Å². The third-order valence-electron chi connectivity index (χ3n) is 4.13. The molecule has 0 fully saturated rings. The molecule has 3 N–H and O–H groups in total. The molecule has 144 valence electrons. The fraction of sp³-hybridized carbons (Fsp3) is 0.444. The Bertz CT molecular complexity index is 839. The van der Waals surface area contributed by atoms with E-state index in [0.717, 1.165) is 5.69 Å². The molecule has 7 nitrogen and oxygen atoms in total. The summed E-state index contributed by atoms with van der Waals surface area (Å²) in [6.07, 6.45) is -0.733. The normalized spacial score (nSPS) is 14.3. The molecule has 0 radical (unpaired) electrons. The van der Waals surface area contributed by atoms with Gasteiger partial charge in [0.15, 0.2) is 0 Å². The first kappa shape index (κ1) is 20.6. The van der Waals surface area contributed by atoms with Crippen LogP contribution < -0.4 is 4.90 Å². The predicted octanol–water partition coefficient (Wildman–Crippen LogP) is 1.67. The number of fused-ring (bicyclic) bond motifs is 1. The summed E-state index contributed by atoms with van der Waals surface area (Å²) in [4.78, 5) is 1.64. The van der Waals surface area contributed by atoms with Gasteiger partial charge in [0.05, 0.1) is 25.4 Å². The average Bonchev–Trinajstić information content (AvgIpc) is 2.59. The summed E-state index contributed by atoms with van der Waals surface area (Å²) in [5, 5.41) is 20.7. The van der Waals surface area contributed by atoms with Gasteiger partial charge in [0.1, 0.15) is 4.90 Å². The van der Waals surface area contributed by atoms with E-state index in [-0.39, 0.29) is 24.7 Å². The number of rotatable bonds is 9. The monoisotopic (exact) mass is 383 g/mol. The minimum Gasteiger partial charge on any atom is -0.391 e. The molecule has 2 unspecified atom stereocenters. The molecule has 0 aliphatic heterocycles. The van der Waals surface area contributed by atoms with Gasteiger partial charge in [-0.2, -0.15) is 8.42 Å². The molecule has 8 heteroatoms. The molecule has 0 saturated heterocycles. The zero-order valence-corrected chi connectivity index (χ0v) is 15.7. The number of hydrogen-bond donors (Lipinski definition) is 3. The van der Waals surface area contributed by atoms with Crippen molar-refractivity contribution in [1.82, 2.24) is 0 Å². The maximum atomic E-state index is 11.6. The van der Waals surface area contributed by atoms with Crippen LogP contribution in [0.3, 0.4) is 0 Å². The topological polar surface area (TPSA) is 107 Å². The quantitative estimate of drug-likeness (QED) is 0.565. The van der Waals surface area contributed by atoms with Crippen molar-refractivity contribution in [1.29, 1.82) is 0 Å². The van der Waals surface area contributed by atoms with Gasteiger partial charge >= 0.3 is 0 Å². The Kier molecular flexibility index (Phi) is 6.96. The summed E-state index contributed by atoms with van der Waals surface area (Å²) in [5.41, 5.74) is 0.723. The molecule has 0 aliphatic carbocycles. The summed E-state index contributed by atoms with van der Waals surface area (Å²) in [5.74, 6) is 0. The summed E-state index contributed by atoms with van der Waals surface area (Å²) < 4.78 is 37.8. The number of nitrogens with zero attached hydrogens (tertiary/aromatic N) is 1. The molecule has 2 aromatic rings. The van der Waals surface area contributed by atoms with Crippen LogP contribution in [-0.4, -0.2) is 62.2 Å². The number of hydrogen-bond acceptors (Lipinski definition) is 6. The SMILES string of the molecule is CCC(O)COCC(O)CN(C)c1ccc(S(=O)(=O)O)c2ccccc12. The lowest BCUT2D eigenvalue weighted by molar-refractivity contribution is -0.00565. The van der Waals surface area contributed by atoms with Crippen molar-refractivity contribution in [3.8, 4) is 0 Å². The Morgan fingerprint density at radius 2 is 1.65 bits per heavy atom. The van der Waals surface area contributed by atoms with Crippen LogP contribution in [0.25, 0.3) is 10.8 Å². The van der Waals surface area contributed by atoms with Crippen LogP contribution in [0.4, 0.5) is 5.69 Å². The minimum absolute atomic E-state index is 0.0857. The highest BCUT2D eigenvalue weighted by Crippen LogP contribution is 2.31. The van der Waals surface area contributed by atoms with Crippen molar-refractivity contribution >= 4 is 26.6 Å². The molecule has 0 saturated carbocycles. The summed E-state index contributed by atoms with van der Waals surface area (Å²) in [6, 6.07) is 9.81. The highest BCUT2D eigenvalue weighted by Gasteiger charge is 2.18. The van der Waals surface area contributed by atoms with Gasteiger partial charge < -0.3 is 19.8 Å². The van der Waals surface area contributed by atoms with E-state index in [0.29, 0.717) is 17.2 Å². The van der Waals surface area contributed by atoms with Gasteiger partial charge in [-0.05, 0) is 18.6 Å². The van der Waals surface area contributed by atoms with Gasteiger partial charge in [0.25, 0.3) is 10.1 Å². The van der Waals surface area contributed by atoms with Crippen LogP contribution >= 0.6 is 0 Å². The number of aliphatic hydroxyl groups excluding tert-OH is 2. The summed E-state index contributed by atoms with van der Waals surface area (Å²) in [7, 11) is -2.55. The third kappa shape index (κ3) is 5.15. The number of aliphatic hydroxyl groups is 2. The Hall–Kier alpha value is -1.71. The van der Waals surface area contributed by atoms with E-state index in [1.807, 2.05) is 6.92 Å². The zero-order valence-electron chi connectivity index (χ0n) is 14.9. The maximum Gasteiger partial charge on any atom is 0.295 e. The molecular formula is C18H25NO6S. The Morgan fingerprint density at radius 1 is 1.04 bits per heavy atom. The largest absolute Gasteiger partial charge is 0.391 e. The van der Waals surface area contributed by atoms with E-state index in [2.05, 4.69) is 0 Å². The van der Waals surface area contributed by atoms with Crippen LogP contribution in [-0.2, 0) is 14.9 Å². The molecular weight excluding hydrogens is 358 g/mol. The number of benzene rings is 2. The lowest BCUT2D eigenvalue weighted by Crippen LogP contribution is -2.33. The second-order valence-electron chi connectivity index (χ2n) is 6.24. The Balaban J connectivity index is 2.17. The molecule has 0 spiro atoms. The van der Waals surface area contributed by atoms with E-state index in [4.69, 9.17) is 4.74 Å². The van der Waals surface area contributed by atoms with Crippen molar-refractivity contribution < 1.29 is 27.9 Å². The Morgan fingerprint density at radius 3 is 2.27 bits per heavy atom. The Labute approximate surface area is 153 Å². The van der Waals surface area contributed by atoms with Crippen LogP contribution in [0.1, 0.15) is 13.3 Å². The standard InChI is InChI=1S/C18H25NO6S/c1-3-13(20)11-25-12-14(21)10-19(2)17-8-9-18(26(22,23)24)16-7-5-4-6-15(16)17/h4-9,13-14,20-21H,3,10-12H2,1-2H3,(H,22,23,24). The third-order valence-corrected chi connectivity index (χ3v) is 5.04. The second kappa shape index (κ2) is 8.79. The molecule has 2 aromatic carbocycles. The second-order valence-corrected chi connectivity index (χ2v) is 7.63. The first-order valence-corrected chi connectivity index (χ1v) is 9.82. The fourth-order valence-electron chi connectivity index (χ4n) is 2.74. The smallest absolute Gasteiger partial charge is 0.295 e. The van der Waals surface area contributed by atoms with Gasteiger partial charge in [0.2, 0.25) is 0 Å². The van der Waals surface area contributed by atoms with Crippen molar-refractivity contribution in [3.05, 3.63) is 36.4 Å². The molecule has 0 heterocycles. The highest BCUT2D eigenvalue weighted by atomic mass is 32.2. The fourth-order valence-corrected chi connectivity index (χ4v) is 3.43. The zero-order chi connectivity index (χ0) is 19.3. The highest BCUT2D eigenvalue weighted by molar-refractivity contribution is 7.86. The van der Waals surface area contributed by atoms with Gasteiger partial charge in [-0.25, -0.2) is 0 Å². The van der Waals surface area contributed by atoms with Crippen LogP contribution in [0.5, 0.6) is 0 Å². The first-order valence-electron chi connectivity index (χ1n) is 8.38. The average molecular weight is 383 g/mol. The number of anilines is 1. The van der Waals surface area contributed by atoms with E-state index in [1.165, 1.54) is 6.07 Å². The number of ether oxygens (including phenoxy) is 1. The van der Waals surface area contributed by atoms with Crippen molar-refractivity contribution in [2.75, 3.05) is 31.7 Å². The molecule has 0 aromatic heterocycles. The van der Waals surface area contributed by atoms with E-state index < -0.39 is 22.3 Å². The maximum absolute atomic E-state index is 11.6. The van der Waals surface area contributed by atoms with Gasteiger partial charge in [-0.1, -0.05) is 31.2 Å². The van der Waals surface area contributed by atoms with Crippen molar-refractivity contribution in [3.63, 3.8) is 0 Å². The molecule has 2 rings (SSSR count). The number of likely N-dealkylation sites (N-methyl/N-ethyl adjacent to an activating group) is 1. The molecule has 0 aliphatic rings. The van der Waals surface area contributed by atoms with Gasteiger partial charge in [-0.3, -0.25) is 4.55 Å². The molecule has 0 amide bonds. The summed E-state index contributed by atoms with van der Waals surface area (Å²) in [6.45, 7) is 2.36. The summed E-state index contributed by atoms with van der Waals surface area (Å²) >= 11 is 0. The molecule has 26 heavy (non-hydrogen) atoms. The van der Waals surface area contributed by atoms with Crippen molar-refractivity contribution in [2.24, 2.45) is 0 Å². The van der Waals surface area contributed by atoms with Crippen LogP contribution in [0.15, 0.2) is 41.3 Å². The van der Waals surface area contributed by atoms with E-state index in [9.17, 15) is 23.2 Å².